The van der Waals surface area contributed by atoms with Crippen LogP contribution in [0.1, 0.15) is 36.9 Å². The highest BCUT2D eigenvalue weighted by Gasteiger charge is 2.41. The topological polar surface area (TPSA) is 88.2 Å². The second kappa shape index (κ2) is 5.67. The van der Waals surface area contributed by atoms with Crippen molar-refractivity contribution in [2.75, 3.05) is 7.11 Å². The van der Waals surface area contributed by atoms with Crippen LogP contribution in [-0.4, -0.2) is 23.1 Å². The summed E-state index contributed by atoms with van der Waals surface area (Å²) < 4.78 is 0. The number of nitrogens with zero attached hydrogens (tertiary/aromatic N) is 1. The SMILES string of the molecule is CO.NC1(c2ccc(CNC(=O)C3CC3)cn2)CC1. The van der Waals surface area contributed by atoms with Crippen molar-refractivity contribution in [2.45, 2.75) is 37.8 Å². The average molecular weight is 263 g/mol. The fourth-order valence-corrected chi connectivity index (χ4v) is 1.89. The number of nitrogens with one attached hydrogen (secondary N) is 1. The molecule has 2 aliphatic carbocycles. The Morgan fingerprint density at radius 2 is 2.16 bits per heavy atom. The van der Waals surface area contributed by atoms with E-state index in [4.69, 9.17) is 10.8 Å². The summed E-state index contributed by atoms with van der Waals surface area (Å²) in [5.74, 6) is 0.438. The van der Waals surface area contributed by atoms with Crippen molar-refractivity contribution < 1.29 is 9.90 Å². The van der Waals surface area contributed by atoms with Crippen LogP contribution in [0.5, 0.6) is 0 Å². The number of hydrogen-bond donors (Lipinski definition) is 3. The molecule has 3 rings (SSSR count). The number of aliphatic hydroxyl groups is 1. The van der Waals surface area contributed by atoms with Crippen molar-refractivity contribution in [3.63, 3.8) is 0 Å². The van der Waals surface area contributed by atoms with Crippen molar-refractivity contribution in [2.24, 2.45) is 11.7 Å². The summed E-state index contributed by atoms with van der Waals surface area (Å²) in [6.07, 6.45) is 5.95. The molecule has 5 nitrogen and oxygen atoms in total. The fraction of sp³-hybridized carbons (Fsp3) is 0.571. The lowest BCUT2D eigenvalue weighted by molar-refractivity contribution is -0.122. The molecule has 0 aromatic carbocycles. The van der Waals surface area contributed by atoms with Gasteiger partial charge in [-0.1, -0.05) is 6.07 Å². The van der Waals surface area contributed by atoms with Gasteiger partial charge in [0.25, 0.3) is 0 Å². The fourth-order valence-electron chi connectivity index (χ4n) is 1.89. The number of carbonyl (C=O) groups excluding carboxylic acids is 1. The predicted octanol–water partition coefficient (Wildman–Crippen LogP) is 0.664. The molecule has 104 valence electrons. The van der Waals surface area contributed by atoms with Crippen LogP contribution < -0.4 is 11.1 Å². The third-order valence-corrected chi connectivity index (χ3v) is 3.54. The molecule has 1 aromatic heterocycles. The first-order valence-electron chi connectivity index (χ1n) is 6.64. The Kier molecular flexibility index (Phi) is 4.17. The summed E-state index contributed by atoms with van der Waals surface area (Å²) in [4.78, 5) is 15.8. The molecule has 2 aliphatic rings. The molecular weight excluding hydrogens is 242 g/mol. The Hall–Kier alpha value is -1.46. The summed E-state index contributed by atoms with van der Waals surface area (Å²) in [7, 11) is 1.00. The largest absolute Gasteiger partial charge is 0.400 e. The maximum absolute atomic E-state index is 11.5. The molecule has 4 N–H and O–H groups in total. The Labute approximate surface area is 113 Å². The number of pyridine rings is 1. The molecule has 19 heavy (non-hydrogen) atoms. The molecule has 1 heterocycles. The standard InChI is InChI=1S/C13H17N3O.CH4O/c14-13(5-6-13)11-4-1-9(7-15-11)8-16-12(17)10-2-3-10;1-2/h1,4,7,10H,2-3,5-6,8,14H2,(H,16,17);2H,1H3. The second-order valence-electron chi connectivity index (χ2n) is 5.20. The molecule has 0 saturated heterocycles. The third kappa shape index (κ3) is 3.52. The molecular formula is C14H21N3O2. The zero-order valence-corrected chi connectivity index (χ0v) is 11.2. The Balaban J connectivity index is 0.000000637. The van der Waals surface area contributed by atoms with Crippen molar-refractivity contribution in [3.8, 4) is 0 Å². The monoisotopic (exact) mass is 263 g/mol. The van der Waals surface area contributed by atoms with E-state index in [0.717, 1.165) is 44.1 Å². The van der Waals surface area contributed by atoms with E-state index in [1.165, 1.54) is 0 Å². The Bertz CT molecular complexity index is 437. The highest BCUT2D eigenvalue weighted by molar-refractivity contribution is 5.80. The van der Waals surface area contributed by atoms with Gasteiger partial charge in [0.2, 0.25) is 5.91 Å². The van der Waals surface area contributed by atoms with Crippen LogP contribution in [0.3, 0.4) is 0 Å². The summed E-state index contributed by atoms with van der Waals surface area (Å²) in [6.45, 7) is 0.570. The number of aromatic nitrogens is 1. The van der Waals surface area contributed by atoms with Gasteiger partial charge in [-0.05, 0) is 37.3 Å². The van der Waals surface area contributed by atoms with Crippen LogP contribution in [-0.2, 0) is 16.9 Å². The number of nitrogens with two attached hydrogens (primary N) is 1. The minimum Gasteiger partial charge on any atom is -0.400 e. The molecule has 0 atom stereocenters. The van der Waals surface area contributed by atoms with E-state index in [0.29, 0.717) is 6.54 Å². The molecule has 0 spiro atoms. The first-order chi connectivity index (χ1) is 9.17. The van der Waals surface area contributed by atoms with Gasteiger partial charge in [0.05, 0.1) is 11.2 Å². The van der Waals surface area contributed by atoms with Gasteiger partial charge in [0, 0.05) is 25.8 Å². The number of carbonyl (C=O) groups is 1. The van der Waals surface area contributed by atoms with Crippen LogP contribution in [0, 0.1) is 5.92 Å². The van der Waals surface area contributed by atoms with Gasteiger partial charge in [-0.2, -0.15) is 0 Å². The van der Waals surface area contributed by atoms with Crippen molar-refractivity contribution in [1.82, 2.24) is 10.3 Å². The van der Waals surface area contributed by atoms with E-state index in [9.17, 15) is 4.79 Å². The van der Waals surface area contributed by atoms with E-state index in [1.54, 1.807) is 0 Å². The summed E-state index contributed by atoms with van der Waals surface area (Å²) >= 11 is 0. The normalized spacial score (nSPS) is 19.1. The summed E-state index contributed by atoms with van der Waals surface area (Å²) in [5, 5.41) is 9.92. The minimum absolute atomic E-state index is 0.171. The first-order valence-corrected chi connectivity index (χ1v) is 6.64. The van der Waals surface area contributed by atoms with Gasteiger partial charge in [-0.3, -0.25) is 9.78 Å². The van der Waals surface area contributed by atoms with Crippen molar-refractivity contribution in [1.29, 1.82) is 0 Å². The van der Waals surface area contributed by atoms with Gasteiger partial charge in [-0.25, -0.2) is 0 Å². The molecule has 1 amide bonds. The van der Waals surface area contributed by atoms with E-state index >= 15 is 0 Å². The van der Waals surface area contributed by atoms with Crippen LogP contribution >= 0.6 is 0 Å². The number of amides is 1. The molecule has 0 radical (unpaired) electrons. The van der Waals surface area contributed by atoms with Crippen LogP contribution in [0.4, 0.5) is 0 Å². The maximum Gasteiger partial charge on any atom is 0.223 e. The Morgan fingerprint density at radius 1 is 1.47 bits per heavy atom. The summed E-state index contributed by atoms with van der Waals surface area (Å²) in [5.41, 5.74) is 7.89. The lowest BCUT2D eigenvalue weighted by Gasteiger charge is -2.09. The van der Waals surface area contributed by atoms with Crippen LogP contribution in [0.15, 0.2) is 18.3 Å². The lowest BCUT2D eigenvalue weighted by Crippen LogP contribution is -2.24. The van der Waals surface area contributed by atoms with Gasteiger partial charge >= 0.3 is 0 Å². The molecule has 2 fully saturated rings. The highest BCUT2D eigenvalue weighted by atomic mass is 16.2. The maximum atomic E-state index is 11.5. The smallest absolute Gasteiger partial charge is 0.223 e. The van der Waals surface area contributed by atoms with Gasteiger partial charge in [0.1, 0.15) is 0 Å². The van der Waals surface area contributed by atoms with E-state index in [-0.39, 0.29) is 17.4 Å². The average Bonchev–Trinajstić information content (AvgIpc) is 3.34. The van der Waals surface area contributed by atoms with Gasteiger partial charge in [0.15, 0.2) is 0 Å². The van der Waals surface area contributed by atoms with Gasteiger partial charge in [-0.15, -0.1) is 0 Å². The Morgan fingerprint density at radius 3 is 2.63 bits per heavy atom. The molecule has 0 aliphatic heterocycles. The van der Waals surface area contributed by atoms with E-state index in [1.807, 2.05) is 18.3 Å². The van der Waals surface area contributed by atoms with Crippen LogP contribution in [0.25, 0.3) is 0 Å². The van der Waals surface area contributed by atoms with E-state index in [2.05, 4.69) is 10.3 Å². The minimum atomic E-state index is -0.171. The lowest BCUT2D eigenvalue weighted by atomic mass is 10.1. The third-order valence-electron chi connectivity index (χ3n) is 3.54. The predicted molar refractivity (Wildman–Crippen MR) is 72.0 cm³/mol. The number of rotatable bonds is 4. The van der Waals surface area contributed by atoms with Crippen molar-refractivity contribution >= 4 is 5.91 Å². The molecule has 1 aromatic rings. The molecule has 0 bridgehead atoms. The van der Waals surface area contributed by atoms with Gasteiger partial charge < -0.3 is 16.2 Å². The second-order valence-corrected chi connectivity index (χ2v) is 5.20. The molecule has 2 saturated carbocycles. The first kappa shape index (κ1) is 14.0. The number of hydrogen-bond acceptors (Lipinski definition) is 4. The molecule has 0 unspecified atom stereocenters. The zero-order chi connectivity index (χ0) is 13.9. The quantitative estimate of drug-likeness (QED) is 0.744. The van der Waals surface area contributed by atoms with Crippen molar-refractivity contribution in [3.05, 3.63) is 29.6 Å². The van der Waals surface area contributed by atoms with E-state index < -0.39 is 0 Å². The molecule has 5 heteroatoms. The zero-order valence-electron chi connectivity index (χ0n) is 11.2. The summed E-state index contributed by atoms with van der Waals surface area (Å²) in [6, 6.07) is 3.98. The highest BCUT2D eigenvalue weighted by Crippen LogP contribution is 2.41. The number of aliphatic hydroxyl groups excluding tert-OH is 1. The van der Waals surface area contributed by atoms with Crippen LogP contribution in [0.2, 0.25) is 0 Å².